The first-order valence-corrected chi connectivity index (χ1v) is 11.8. The highest BCUT2D eigenvalue weighted by Gasteiger charge is 2.29. The summed E-state index contributed by atoms with van der Waals surface area (Å²) < 4.78 is 7.40. The first-order valence-electron chi connectivity index (χ1n) is 11.8. The maximum atomic E-state index is 13.1. The molecule has 3 N–H and O–H groups in total. The third-order valence-electron chi connectivity index (χ3n) is 5.94. The van der Waals surface area contributed by atoms with E-state index >= 15 is 0 Å². The number of amides is 1. The number of carbonyl (C=O) groups is 3. The molecule has 0 aliphatic heterocycles. The van der Waals surface area contributed by atoms with Gasteiger partial charge in [0.25, 0.3) is 11.7 Å². The van der Waals surface area contributed by atoms with Gasteiger partial charge in [0.15, 0.2) is 6.61 Å². The van der Waals surface area contributed by atoms with Crippen molar-refractivity contribution in [1.29, 1.82) is 0 Å². The topological polar surface area (TPSA) is 124 Å². The van der Waals surface area contributed by atoms with Gasteiger partial charge in [-0.2, -0.15) is 0 Å². The van der Waals surface area contributed by atoms with Gasteiger partial charge in [0, 0.05) is 17.5 Å². The van der Waals surface area contributed by atoms with Crippen molar-refractivity contribution in [3.05, 3.63) is 89.2 Å². The van der Waals surface area contributed by atoms with Crippen LogP contribution in [0.2, 0.25) is 0 Å². The van der Waals surface area contributed by atoms with Crippen LogP contribution in [0.3, 0.4) is 0 Å². The lowest BCUT2D eigenvalue weighted by Crippen LogP contribution is -2.24. The SMILES string of the molecule is CCCc1c(C(=O)C(N)=O)c2c(OCC(=O)O)nc(-c3ccccc3)cn2c1CCc1ccccc1. The molecule has 4 rings (SSSR count). The second kappa shape index (κ2) is 10.9. The van der Waals surface area contributed by atoms with Crippen molar-refractivity contribution in [2.45, 2.75) is 32.6 Å². The molecular weight excluding hydrogens is 458 g/mol. The third-order valence-corrected chi connectivity index (χ3v) is 5.94. The zero-order chi connectivity index (χ0) is 25.7. The van der Waals surface area contributed by atoms with Gasteiger partial charge in [0.2, 0.25) is 5.88 Å². The molecule has 0 unspecified atom stereocenters. The monoisotopic (exact) mass is 485 g/mol. The Kier molecular flexibility index (Phi) is 7.44. The van der Waals surface area contributed by atoms with Gasteiger partial charge in [0.05, 0.1) is 11.3 Å². The summed E-state index contributed by atoms with van der Waals surface area (Å²) in [7, 11) is 0. The maximum absolute atomic E-state index is 13.1. The van der Waals surface area contributed by atoms with Crippen LogP contribution in [-0.4, -0.2) is 38.8 Å². The van der Waals surface area contributed by atoms with Gasteiger partial charge in [-0.05, 0) is 30.4 Å². The van der Waals surface area contributed by atoms with Crippen LogP contribution in [0.25, 0.3) is 16.8 Å². The van der Waals surface area contributed by atoms with Crippen LogP contribution in [0.5, 0.6) is 5.88 Å². The molecule has 2 heterocycles. The van der Waals surface area contributed by atoms with E-state index in [9.17, 15) is 19.5 Å². The van der Waals surface area contributed by atoms with Crippen molar-refractivity contribution in [2.75, 3.05) is 6.61 Å². The molecule has 8 nitrogen and oxygen atoms in total. The fraction of sp³-hybridized carbons (Fsp3) is 0.214. The number of hydrogen-bond donors (Lipinski definition) is 2. The van der Waals surface area contributed by atoms with Crippen molar-refractivity contribution in [3.8, 4) is 17.1 Å². The normalized spacial score (nSPS) is 10.9. The predicted molar refractivity (Wildman–Crippen MR) is 135 cm³/mol. The lowest BCUT2D eigenvalue weighted by molar-refractivity contribution is -0.139. The van der Waals surface area contributed by atoms with Crippen LogP contribution in [-0.2, 0) is 28.9 Å². The predicted octanol–water partition coefficient (Wildman–Crippen LogP) is 3.87. The molecule has 0 bridgehead atoms. The molecule has 1 amide bonds. The smallest absolute Gasteiger partial charge is 0.341 e. The van der Waals surface area contributed by atoms with Gasteiger partial charge in [-0.25, -0.2) is 9.78 Å². The number of ether oxygens (including phenoxy) is 1. The molecule has 0 fully saturated rings. The van der Waals surface area contributed by atoms with Crippen molar-refractivity contribution in [1.82, 2.24) is 9.38 Å². The van der Waals surface area contributed by atoms with Crippen LogP contribution >= 0.6 is 0 Å². The van der Waals surface area contributed by atoms with E-state index < -0.39 is 24.3 Å². The van der Waals surface area contributed by atoms with Gasteiger partial charge < -0.3 is 20.0 Å². The maximum Gasteiger partial charge on any atom is 0.341 e. The number of carboxylic acid groups (broad SMARTS) is 1. The van der Waals surface area contributed by atoms with E-state index in [-0.39, 0.29) is 17.0 Å². The number of hydrogen-bond acceptors (Lipinski definition) is 5. The van der Waals surface area contributed by atoms with Gasteiger partial charge in [-0.3, -0.25) is 9.59 Å². The zero-order valence-electron chi connectivity index (χ0n) is 19.9. The average Bonchev–Trinajstić information content (AvgIpc) is 3.19. The molecule has 0 spiro atoms. The summed E-state index contributed by atoms with van der Waals surface area (Å²) in [5, 5.41) is 9.25. The number of nitrogens with zero attached hydrogens (tertiary/aromatic N) is 2. The standard InChI is InChI=1S/C28H27N3O5/c1-2-9-20-22(15-14-18-10-5-3-6-11-18)31-16-21(19-12-7-4-8-13-19)30-28(36-17-23(32)33)25(31)24(20)26(34)27(29)35/h3-8,10-13,16H,2,9,14-15,17H2,1H3,(H2,29,35)(H,32,33). The van der Waals surface area contributed by atoms with Crippen LogP contribution in [0.15, 0.2) is 66.9 Å². The minimum absolute atomic E-state index is 0.0355. The minimum Gasteiger partial charge on any atom is -0.479 e. The van der Waals surface area contributed by atoms with Crippen LogP contribution in [0.4, 0.5) is 0 Å². The van der Waals surface area contributed by atoms with Gasteiger partial charge in [-0.15, -0.1) is 0 Å². The number of nitrogens with two attached hydrogens (primary N) is 1. The summed E-state index contributed by atoms with van der Waals surface area (Å²) in [5.74, 6) is -3.17. The summed E-state index contributed by atoms with van der Waals surface area (Å²) in [4.78, 5) is 41.1. The van der Waals surface area contributed by atoms with Crippen molar-refractivity contribution >= 4 is 23.2 Å². The number of aromatic nitrogens is 2. The molecule has 2 aromatic heterocycles. The molecule has 36 heavy (non-hydrogen) atoms. The molecule has 184 valence electrons. The quantitative estimate of drug-likeness (QED) is 0.245. The van der Waals surface area contributed by atoms with Gasteiger partial charge >= 0.3 is 5.97 Å². The number of benzene rings is 2. The number of carboxylic acids is 1. The Morgan fingerprint density at radius 3 is 2.25 bits per heavy atom. The second-order valence-electron chi connectivity index (χ2n) is 8.43. The average molecular weight is 486 g/mol. The number of fused-ring (bicyclic) bond motifs is 1. The van der Waals surface area contributed by atoms with Crippen LogP contribution in [0.1, 0.15) is 40.5 Å². The summed E-state index contributed by atoms with van der Waals surface area (Å²) in [6.45, 7) is 1.33. The first kappa shape index (κ1) is 24.7. The lowest BCUT2D eigenvalue weighted by Gasteiger charge is -2.12. The van der Waals surface area contributed by atoms with E-state index in [1.54, 1.807) is 6.20 Å². The summed E-state index contributed by atoms with van der Waals surface area (Å²) in [6.07, 6.45) is 4.32. The fourth-order valence-electron chi connectivity index (χ4n) is 4.40. The van der Waals surface area contributed by atoms with E-state index in [0.717, 1.165) is 23.2 Å². The Morgan fingerprint density at radius 2 is 1.64 bits per heavy atom. The van der Waals surface area contributed by atoms with E-state index in [0.29, 0.717) is 30.5 Å². The Morgan fingerprint density at radius 1 is 0.972 bits per heavy atom. The van der Waals surface area contributed by atoms with E-state index in [4.69, 9.17) is 10.5 Å². The number of carbonyl (C=O) groups excluding carboxylic acids is 2. The Labute approximate surface area is 208 Å². The second-order valence-corrected chi connectivity index (χ2v) is 8.43. The van der Waals surface area contributed by atoms with Gasteiger partial charge in [0.1, 0.15) is 5.52 Å². The largest absolute Gasteiger partial charge is 0.479 e. The molecule has 0 atom stereocenters. The van der Waals surface area contributed by atoms with Crippen molar-refractivity contribution < 1.29 is 24.2 Å². The highest BCUT2D eigenvalue weighted by molar-refractivity contribution is 6.44. The van der Waals surface area contributed by atoms with Crippen molar-refractivity contribution in [2.24, 2.45) is 5.73 Å². The fourth-order valence-corrected chi connectivity index (χ4v) is 4.40. The lowest BCUT2D eigenvalue weighted by atomic mass is 9.98. The molecule has 4 aromatic rings. The highest BCUT2D eigenvalue weighted by atomic mass is 16.5. The third kappa shape index (κ3) is 5.12. The highest BCUT2D eigenvalue weighted by Crippen LogP contribution is 2.34. The Bertz CT molecular complexity index is 1410. The summed E-state index contributed by atoms with van der Waals surface area (Å²) >= 11 is 0. The number of rotatable bonds is 11. The Balaban J connectivity index is 2.01. The van der Waals surface area contributed by atoms with E-state index in [1.165, 1.54) is 0 Å². The number of ketones is 1. The molecule has 0 aliphatic rings. The van der Waals surface area contributed by atoms with E-state index in [1.807, 2.05) is 72.0 Å². The summed E-state index contributed by atoms with van der Waals surface area (Å²) in [6, 6.07) is 19.3. The molecule has 0 saturated heterocycles. The van der Waals surface area contributed by atoms with Crippen LogP contribution < -0.4 is 10.5 Å². The molecular formula is C28H27N3O5. The molecule has 0 radical (unpaired) electrons. The number of Topliss-reactive ketones (excluding diaryl/α,β-unsaturated/α-hetero) is 1. The number of aliphatic carboxylic acids is 1. The molecule has 8 heteroatoms. The van der Waals surface area contributed by atoms with Gasteiger partial charge in [-0.1, -0.05) is 74.0 Å². The Hall–Kier alpha value is -4.46. The zero-order valence-corrected chi connectivity index (χ0v) is 19.9. The summed E-state index contributed by atoms with van der Waals surface area (Å²) in [5.41, 5.74) is 9.81. The number of aryl methyl sites for hydroxylation is 2. The minimum atomic E-state index is -1.19. The first-order chi connectivity index (χ1) is 17.4. The molecule has 2 aromatic carbocycles. The number of primary amides is 1. The van der Waals surface area contributed by atoms with Crippen molar-refractivity contribution in [3.63, 3.8) is 0 Å². The van der Waals surface area contributed by atoms with E-state index in [2.05, 4.69) is 4.98 Å². The van der Waals surface area contributed by atoms with Crippen LogP contribution in [0, 0.1) is 0 Å². The molecule has 0 saturated carbocycles. The molecule has 0 aliphatic carbocycles.